The molecule has 4 nitrogen and oxygen atoms in total. The quantitative estimate of drug-likeness (QED) is 0.810. The summed E-state index contributed by atoms with van der Waals surface area (Å²) in [6.45, 7) is 6.03. The molecule has 0 radical (unpaired) electrons. The molecule has 0 aromatic carbocycles. The zero-order valence-corrected chi connectivity index (χ0v) is 13.4. The molecule has 3 unspecified atom stereocenters. The Kier molecular flexibility index (Phi) is 3.81. The number of ether oxygens (including phenoxy) is 2. The van der Waals surface area contributed by atoms with Gasteiger partial charge in [0.05, 0.1) is 12.2 Å². The van der Waals surface area contributed by atoms with Gasteiger partial charge in [-0.15, -0.1) is 0 Å². The summed E-state index contributed by atoms with van der Waals surface area (Å²) in [7, 11) is 0. The van der Waals surface area contributed by atoms with Crippen LogP contribution in [-0.2, 0) is 14.3 Å². The van der Waals surface area contributed by atoms with Crippen molar-refractivity contribution >= 4 is 5.97 Å². The standard InChI is InChI=1S/C17H28O4/c1-16(2,3)21-15(18)10-20-9-14-13-5-11-4-12(6-13)8-17(14,19)7-11/h11-14,19H,4-10H2,1-3H3. The molecule has 1 N–H and O–H groups in total. The molecule has 4 heteroatoms. The van der Waals surface area contributed by atoms with Gasteiger partial charge in [0.1, 0.15) is 12.2 Å². The smallest absolute Gasteiger partial charge is 0.332 e. The molecule has 0 aromatic rings. The first-order valence-electron chi connectivity index (χ1n) is 8.27. The van der Waals surface area contributed by atoms with Gasteiger partial charge in [-0.2, -0.15) is 0 Å². The van der Waals surface area contributed by atoms with E-state index in [-0.39, 0.29) is 18.5 Å². The maximum absolute atomic E-state index is 11.7. The van der Waals surface area contributed by atoms with Crippen LogP contribution in [0.5, 0.6) is 0 Å². The van der Waals surface area contributed by atoms with Crippen LogP contribution in [-0.4, -0.2) is 35.5 Å². The fraction of sp³-hybridized carbons (Fsp3) is 0.941. The van der Waals surface area contributed by atoms with E-state index in [0.717, 1.165) is 24.7 Å². The molecular formula is C17H28O4. The van der Waals surface area contributed by atoms with Crippen molar-refractivity contribution in [3.63, 3.8) is 0 Å². The average Bonchev–Trinajstić information content (AvgIpc) is 2.28. The summed E-state index contributed by atoms with van der Waals surface area (Å²) < 4.78 is 10.8. The Morgan fingerprint density at radius 3 is 2.33 bits per heavy atom. The third-order valence-corrected chi connectivity index (χ3v) is 5.42. The number of carbonyl (C=O) groups excluding carboxylic acids is 1. The van der Waals surface area contributed by atoms with Crippen LogP contribution in [0.3, 0.4) is 0 Å². The zero-order valence-electron chi connectivity index (χ0n) is 13.4. The first-order valence-corrected chi connectivity index (χ1v) is 8.27. The van der Waals surface area contributed by atoms with Crippen molar-refractivity contribution in [1.82, 2.24) is 0 Å². The molecule has 0 amide bonds. The molecule has 0 aliphatic heterocycles. The summed E-state index contributed by atoms with van der Waals surface area (Å²) in [6, 6.07) is 0. The SMILES string of the molecule is CC(C)(C)OC(=O)COCC1C2CC3CC(C2)CC1(O)C3. The van der Waals surface area contributed by atoms with Crippen molar-refractivity contribution in [2.24, 2.45) is 23.7 Å². The fourth-order valence-electron chi connectivity index (χ4n) is 5.03. The maximum atomic E-state index is 11.7. The molecule has 0 saturated heterocycles. The molecule has 4 aliphatic carbocycles. The highest BCUT2D eigenvalue weighted by Gasteiger charge is 2.56. The van der Waals surface area contributed by atoms with Crippen molar-refractivity contribution in [3.8, 4) is 0 Å². The van der Waals surface area contributed by atoms with Gasteiger partial charge in [0.2, 0.25) is 0 Å². The lowest BCUT2D eigenvalue weighted by Gasteiger charge is -2.58. The largest absolute Gasteiger partial charge is 0.458 e. The average molecular weight is 296 g/mol. The van der Waals surface area contributed by atoms with E-state index in [4.69, 9.17) is 9.47 Å². The van der Waals surface area contributed by atoms with E-state index in [9.17, 15) is 9.90 Å². The Hall–Kier alpha value is -0.610. The number of hydrogen-bond donors (Lipinski definition) is 1. The third-order valence-electron chi connectivity index (χ3n) is 5.42. The van der Waals surface area contributed by atoms with E-state index < -0.39 is 11.2 Å². The topological polar surface area (TPSA) is 55.8 Å². The first kappa shape index (κ1) is 15.3. The maximum Gasteiger partial charge on any atom is 0.332 e. The minimum absolute atomic E-state index is 0.0105. The molecule has 0 heterocycles. The number of aliphatic hydroxyl groups is 1. The van der Waals surface area contributed by atoms with Gasteiger partial charge in [0.15, 0.2) is 0 Å². The second-order valence-corrected chi connectivity index (χ2v) is 8.42. The van der Waals surface area contributed by atoms with Gasteiger partial charge in [-0.05, 0) is 70.6 Å². The molecule has 0 aromatic heterocycles. The van der Waals surface area contributed by atoms with Gasteiger partial charge in [-0.1, -0.05) is 0 Å². The lowest BCUT2D eigenvalue weighted by Crippen LogP contribution is -2.58. The van der Waals surface area contributed by atoms with E-state index in [1.165, 1.54) is 19.3 Å². The van der Waals surface area contributed by atoms with Crippen molar-refractivity contribution in [3.05, 3.63) is 0 Å². The zero-order chi connectivity index (χ0) is 15.3. The van der Waals surface area contributed by atoms with Crippen molar-refractivity contribution in [2.75, 3.05) is 13.2 Å². The van der Waals surface area contributed by atoms with Crippen LogP contribution in [0.15, 0.2) is 0 Å². The fourth-order valence-corrected chi connectivity index (χ4v) is 5.03. The minimum Gasteiger partial charge on any atom is -0.458 e. The van der Waals surface area contributed by atoms with Gasteiger partial charge in [0, 0.05) is 5.92 Å². The highest BCUT2D eigenvalue weighted by Crippen LogP contribution is 2.58. The lowest BCUT2D eigenvalue weighted by molar-refractivity contribution is -0.191. The molecule has 120 valence electrons. The second kappa shape index (κ2) is 5.24. The normalized spacial score (nSPS) is 41.3. The Bertz CT molecular complexity index is 398. The van der Waals surface area contributed by atoms with Crippen LogP contribution in [0.25, 0.3) is 0 Å². The van der Waals surface area contributed by atoms with Crippen LogP contribution in [0, 0.1) is 23.7 Å². The van der Waals surface area contributed by atoms with Crippen LogP contribution < -0.4 is 0 Å². The van der Waals surface area contributed by atoms with Crippen LogP contribution in [0.2, 0.25) is 0 Å². The van der Waals surface area contributed by atoms with Crippen LogP contribution >= 0.6 is 0 Å². The summed E-state index contributed by atoms with van der Waals surface area (Å²) in [5.41, 5.74) is -1.01. The first-order chi connectivity index (χ1) is 9.75. The highest BCUT2D eigenvalue weighted by molar-refractivity contribution is 5.71. The number of hydrogen-bond acceptors (Lipinski definition) is 4. The Morgan fingerprint density at radius 1 is 1.19 bits per heavy atom. The molecule has 4 rings (SSSR count). The molecule has 4 aliphatic rings. The van der Waals surface area contributed by atoms with Crippen molar-refractivity contribution in [1.29, 1.82) is 0 Å². The third kappa shape index (κ3) is 3.26. The van der Waals surface area contributed by atoms with Crippen molar-refractivity contribution in [2.45, 2.75) is 64.1 Å². The summed E-state index contributed by atoms with van der Waals surface area (Å²) in [5.74, 6) is 1.90. The summed E-state index contributed by atoms with van der Waals surface area (Å²) in [5, 5.41) is 10.9. The van der Waals surface area contributed by atoms with E-state index in [0.29, 0.717) is 12.5 Å². The number of esters is 1. The number of rotatable bonds is 4. The Labute approximate surface area is 127 Å². The number of carbonyl (C=O) groups is 1. The Morgan fingerprint density at radius 2 is 1.81 bits per heavy atom. The molecule has 4 bridgehead atoms. The lowest BCUT2D eigenvalue weighted by atomic mass is 9.50. The minimum atomic E-state index is -0.539. The molecule has 4 fully saturated rings. The van der Waals surface area contributed by atoms with Crippen LogP contribution in [0.4, 0.5) is 0 Å². The van der Waals surface area contributed by atoms with Crippen molar-refractivity contribution < 1.29 is 19.4 Å². The van der Waals surface area contributed by atoms with Gasteiger partial charge in [-0.25, -0.2) is 4.79 Å². The van der Waals surface area contributed by atoms with E-state index in [1.54, 1.807) is 0 Å². The molecule has 21 heavy (non-hydrogen) atoms. The molecule has 3 atom stereocenters. The predicted octanol–water partition coefficient (Wildman–Crippen LogP) is 2.53. The summed E-state index contributed by atoms with van der Waals surface area (Å²) in [4.78, 5) is 11.7. The highest BCUT2D eigenvalue weighted by atomic mass is 16.6. The summed E-state index contributed by atoms with van der Waals surface area (Å²) >= 11 is 0. The van der Waals surface area contributed by atoms with Crippen LogP contribution in [0.1, 0.15) is 52.9 Å². The Balaban J connectivity index is 1.51. The van der Waals surface area contributed by atoms with E-state index in [1.807, 2.05) is 20.8 Å². The van der Waals surface area contributed by atoms with E-state index in [2.05, 4.69) is 0 Å². The van der Waals surface area contributed by atoms with E-state index >= 15 is 0 Å². The second-order valence-electron chi connectivity index (χ2n) is 8.42. The van der Waals surface area contributed by atoms with Gasteiger partial charge in [0.25, 0.3) is 0 Å². The predicted molar refractivity (Wildman–Crippen MR) is 78.7 cm³/mol. The summed E-state index contributed by atoms with van der Waals surface area (Å²) in [6.07, 6.45) is 5.64. The monoisotopic (exact) mass is 296 g/mol. The molecule has 0 spiro atoms. The molecular weight excluding hydrogens is 268 g/mol. The van der Waals surface area contributed by atoms with Gasteiger partial charge in [-0.3, -0.25) is 0 Å². The molecule has 4 saturated carbocycles. The van der Waals surface area contributed by atoms with Gasteiger partial charge < -0.3 is 14.6 Å². The van der Waals surface area contributed by atoms with Gasteiger partial charge >= 0.3 is 5.97 Å².